The van der Waals surface area contributed by atoms with E-state index in [1.807, 2.05) is 64.1 Å². The van der Waals surface area contributed by atoms with Crippen LogP contribution < -0.4 is 32.7 Å². The van der Waals surface area contributed by atoms with E-state index in [-0.39, 0.29) is 41.6 Å². The van der Waals surface area contributed by atoms with Crippen molar-refractivity contribution >= 4 is 78.9 Å². The minimum Gasteiger partial charge on any atom is -0.397 e. The molecule has 0 saturated carbocycles. The molecule has 4 aromatic carbocycles. The van der Waals surface area contributed by atoms with Crippen LogP contribution in [0.1, 0.15) is 61.8 Å². The molecule has 2 aromatic heterocycles. The number of benzene rings is 4. The number of nitrogen functional groups attached to an aromatic ring is 2. The Morgan fingerprint density at radius 2 is 0.982 bits per heavy atom. The fraction of sp³-hybridized carbons (Fsp3) is 0.179. The Bertz CT molecular complexity index is 2350. The first-order valence-electron chi connectivity index (χ1n) is 16.4. The number of hydrogen-bond donors (Lipinski definition) is 6. The van der Waals surface area contributed by atoms with Gasteiger partial charge < -0.3 is 32.7 Å². The minimum atomic E-state index is -4.53. The number of nitrogens with two attached hydrogens (primary N) is 2. The maximum absolute atomic E-state index is 12.9. The van der Waals surface area contributed by atoms with E-state index in [1.165, 1.54) is 28.1 Å². The Morgan fingerprint density at radius 1 is 0.579 bits per heavy atom. The van der Waals surface area contributed by atoms with Crippen molar-refractivity contribution in [3.63, 3.8) is 0 Å². The van der Waals surface area contributed by atoms with Crippen molar-refractivity contribution in [2.75, 3.05) is 32.7 Å². The number of anilines is 8. The summed E-state index contributed by atoms with van der Waals surface area (Å²) in [6.07, 6.45) is -9.03. The quantitative estimate of drug-likeness (QED) is 0.0653. The van der Waals surface area contributed by atoms with Crippen LogP contribution in [0, 0.1) is 27.7 Å². The molecule has 0 saturated heterocycles. The molecule has 18 heteroatoms. The first kappa shape index (κ1) is 43.6. The summed E-state index contributed by atoms with van der Waals surface area (Å²) in [5.41, 5.74) is 15.5. The van der Waals surface area contributed by atoms with Gasteiger partial charge in [0.2, 0.25) is 0 Å². The van der Waals surface area contributed by atoms with E-state index in [2.05, 4.69) is 31.2 Å². The molecule has 300 valence electrons. The van der Waals surface area contributed by atoms with Crippen LogP contribution in [0.2, 0.25) is 0 Å². The molecule has 10 nitrogen and oxygen atoms in total. The van der Waals surface area contributed by atoms with Crippen molar-refractivity contribution in [3.8, 4) is 0 Å². The van der Waals surface area contributed by atoms with Gasteiger partial charge in [0.1, 0.15) is 11.4 Å². The number of aryl methyl sites for hydroxylation is 4. The summed E-state index contributed by atoms with van der Waals surface area (Å²) >= 11 is 2.47. The monoisotopic (exact) mass is 828 g/mol. The number of carbonyl (C=O) groups excluding carboxylic acids is 2. The lowest BCUT2D eigenvalue weighted by Crippen LogP contribution is -2.15. The van der Waals surface area contributed by atoms with Crippen molar-refractivity contribution in [1.29, 1.82) is 0 Å². The van der Waals surface area contributed by atoms with Crippen LogP contribution in [0.3, 0.4) is 0 Å². The highest BCUT2D eigenvalue weighted by Gasteiger charge is 2.32. The third kappa shape index (κ3) is 11.0. The van der Waals surface area contributed by atoms with E-state index in [0.717, 1.165) is 70.0 Å². The molecule has 0 spiro atoms. The molecular weight excluding hydrogens is 791 g/mol. The minimum absolute atomic E-state index is 0. The zero-order valence-electron chi connectivity index (χ0n) is 30.0. The van der Waals surface area contributed by atoms with Crippen LogP contribution in [0.5, 0.6) is 0 Å². The van der Waals surface area contributed by atoms with Crippen LogP contribution in [0.15, 0.2) is 83.6 Å². The highest BCUT2D eigenvalue weighted by Crippen LogP contribution is 2.35. The average Bonchev–Trinajstić information content (AvgIpc) is 3.80. The molecule has 0 aliphatic heterocycles. The molecule has 57 heavy (non-hydrogen) atoms. The zero-order chi connectivity index (χ0) is 40.9. The maximum Gasteiger partial charge on any atom is 0.416 e. The van der Waals surface area contributed by atoms with Gasteiger partial charge in [-0.1, -0.05) is 43.8 Å². The molecule has 2 amide bonds. The third-order valence-corrected chi connectivity index (χ3v) is 9.67. The summed E-state index contributed by atoms with van der Waals surface area (Å²) in [6.45, 7) is 7.83. The molecule has 6 rings (SSSR count). The number of nitrogens with one attached hydrogen (secondary N) is 4. The Kier molecular flexibility index (Phi) is 13.6. The molecule has 6 aromatic rings. The van der Waals surface area contributed by atoms with Crippen LogP contribution in [-0.4, -0.2) is 21.8 Å². The van der Waals surface area contributed by atoms with E-state index in [1.54, 1.807) is 5.38 Å². The van der Waals surface area contributed by atoms with Gasteiger partial charge in [-0.2, -0.15) is 26.3 Å². The first-order chi connectivity index (χ1) is 26.3. The van der Waals surface area contributed by atoms with E-state index in [9.17, 15) is 35.9 Å². The number of nitrogens with zero attached hydrogens (tertiary/aromatic N) is 2. The summed E-state index contributed by atoms with van der Waals surface area (Å²) in [5, 5.41) is 15.4. The average molecular weight is 829 g/mol. The van der Waals surface area contributed by atoms with Gasteiger partial charge in [0.25, 0.3) is 11.8 Å². The van der Waals surface area contributed by atoms with Crippen molar-refractivity contribution in [2.24, 2.45) is 0 Å². The second-order valence-electron chi connectivity index (χ2n) is 12.4. The number of para-hydroxylation sites is 2. The van der Waals surface area contributed by atoms with E-state index in [4.69, 9.17) is 11.5 Å². The predicted octanol–water partition coefficient (Wildman–Crippen LogP) is 11.3. The largest absolute Gasteiger partial charge is 0.416 e. The highest BCUT2D eigenvalue weighted by molar-refractivity contribution is 7.14. The summed E-state index contributed by atoms with van der Waals surface area (Å²) < 4.78 is 76.7. The molecule has 8 N–H and O–H groups in total. The van der Waals surface area contributed by atoms with Gasteiger partial charge in [0.15, 0.2) is 10.3 Å². The van der Waals surface area contributed by atoms with Gasteiger partial charge in [-0.15, -0.1) is 22.7 Å². The number of hydrogen-bond acceptors (Lipinski definition) is 10. The molecule has 0 fully saturated rings. The standard InChI is InChI=1S/2C19H17F3N4OS.CH4/c1-10-4-3-5-11(2)16(10)26-18-25-15(9-28-18)17(27)24-14-7-6-12(8-13(14)23)19(20,21)22;1-10-4-3-5-11(2)16(10)26-18-25-15(9-28-18)17(27)24-14-8-12(19(20,21)22)6-7-13(14)23;/h2*3-9H,23H2,1-2H3,(H,24,27)(H,25,26);1H4. The van der Waals surface area contributed by atoms with Crippen LogP contribution in [0.4, 0.5) is 70.7 Å². The number of halogens is 6. The van der Waals surface area contributed by atoms with Gasteiger partial charge in [-0.3, -0.25) is 9.59 Å². The topological polar surface area (TPSA) is 160 Å². The number of thiazole rings is 2. The summed E-state index contributed by atoms with van der Waals surface area (Å²) in [5.74, 6) is -1.20. The van der Waals surface area contributed by atoms with Crippen LogP contribution in [0.25, 0.3) is 0 Å². The number of rotatable bonds is 8. The first-order valence-corrected chi connectivity index (χ1v) is 18.2. The second kappa shape index (κ2) is 17.8. The van der Waals surface area contributed by atoms with Crippen molar-refractivity contribution < 1.29 is 35.9 Å². The molecule has 0 atom stereocenters. The molecule has 0 aliphatic rings. The number of carbonyl (C=O) groups is 2. The molecule has 0 unspecified atom stereocenters. The molecular formula is C39H38F6N8O2S2. The fourth-order valence-electron chi connectivity index (χ4n) is 5.17. The SMILES string of the molecule is C.Cc1cccc(C)c1Nc1nc(C(=O)Nc2cc(C(F)(F)F)ccc2N)cs1.Cc1cccc(C)c1Nc1nc(C(=O)Nc2ccc(C(F)(F)F)cc2N)cs1. The summed E-state index contributed by atoms with van der Waals surface area (Å²) in [4.78, 5) is 33.2. The third-order valence-electron chi connectivity index (χ3n) is 8.16. The van der Waals surface area contributed by atoms with Gasteiger partial charge in [-0.05, 0) is 86.3 Å². The van der Waals surface area contributed by atoms with Gasteiger partial charge in [-0.25, -0.2) is 9.97 Å². The van der Waals surface area contributed by atoms with Crippen molar-refractivity contribution in [3.05, 3.63) is 128 Å². The molecule has 2 heterocycles. The molecule has 0 bridgehead atoms. The highest BCUT2D eigenvalue weighted by atomic mass is 32.1. The molecule has 0 radical (unpaired) electrons. The van der Waals surface area contributed by atoms with Gasteiger partial charge in [0, 0.05) is 22.1 Å². The Balaban J connectivity index is 0.000000248. The van der Waals surface area contributed by atoms with Gasteiger partial charge in [0.05, 0.1) is 33.9 Å². The van der Waals surface area contributed by atoms with Crippen molar-refractivity contribution in [1.82, 2.24) is 9.97 Å². The van der Waals surface area contributed by atoms with Crippen LogP contribution >= 0.6 is 22.7 Å². The maximum atomic E-state index is 12.9. The normalized spacial score (nSPS) is 11.1. The lowest BCUT2D eigenvalue weighted by atomic mass is 10.1. The van der Waals surface area contributed by atoms with E-state index in [0.29, 0.717) is 10.3 Å². The summed E-state index contributed by atoms with van der Waals surface area (Å²) in [6, 6.07) is 17.3. The Hall–Kier alpha value is -6.14. The second-order valence-corrected chi connectivity index (χ2v) is 14.1. The van der Waals surface area contributed by atoms with Crippen molar-refractivity contribution in [2.45, 2.75) is 47.5 Å². The predicted molar refractivity (Wildman–Crippen MR) is 217 cm³/mol. The fourth-order valence-corrected chi connectivity index (χ4v) is 6.56. The zero-order valence-corrected chi connectivity index (χ0v) is 31.7. The number of alkyl halides is 6. The smallest absolute Gasteiger partial charge is 0.397 e. The number of amides is 2. The van der Waals surface area contributed by atoms with E-state index >= 15 is 0 Å². The Labute approximate surface area is 332 Å². The Morgan fingerprint density at radius 3 is 1.40 bits per heavy atom. The lowest BCUT2D eigenvalue weighted by molar-refractivity contribution is -0.138. The number of aromatic nitrogens is 2. The van der Waals surface area contributed by atoms with E-state index < -0.39 is 35.3 Å². The summed E-state index contributed by atoms with van der Waals surface area (Å²) in [7, 11) is 0. The van der Waals surface area contributed by atoms with Gasteiger partial charge >= 0.3 is 12.4 Å². The van der Waals surface area contributed by atoms with Crippen LogP contribution in [-0.2, 0) is 12.4 Å². The lowest BCUT2D eigenvalue weighted by Gasteiger charge is -2.12. The molecule has 0 aliphatic carbocycles.